The van der Waals surface area contributed by atoms with Gasteiger partial charge in [-0.25, -0.2) is 9.37 Å². The quantitative estimate of drug-likeness (QED) is 0.615. The van der Waals surface area contributed by atoms with E-state index in [1.165, 1.54) is 6.07 Å². The van der Waals surface area contributed by atoms with E-state index in [0.29, 0.717) is 17.8 Å². The zero-order valence-corrected chi connectivity index (χ0v) is 17.1. The molecule has 3 aromatic rings. The highest BCUT2D eigenvalue weighted by atomic mass is 35.5. The van der Waals surface area contributed by atoms with Gasteiger partial charge in [-0.15, -0.1) is 0 Å². The van der Waals surface area contributed by atoms with Crippen molar-refractivity contribution in [2.45, 2.75) is 6.54 Å². The highest BCUT2D eigenvalue weighted by Gasteiger charge is 2.18. The Kier molecular flexibility index (Phi) is 6.26. The van der Waals surface area contributed by atoms with Gasteiger partial charge in [-0.3, -0.25) is 9.69 Å². The Balaban J connectivity index is 1.32. The maximum absolute atomic E-state index is 13.9. The van der Waals surface area contributed by atoms with Gasteiger partial charge in [0.15, 0.2) is 0 Å². The number of piperazine rings is 1. The molecular weight excluding hydrogens is 403 g/mol. The number of halogens is 2. The number of carbonyl (C=O) groups excluding carboxylic acids is 1. The molecule has 5 nitrogen and oxygen atoms in total. The SMILES string of the molecule is O=C(Nc1ccc(N2CCN(Cc3ccccc3F)CC2)cc1)c1cccnc1Cl. The van der Waals surface area contributed by atoms with Crippen molar-refractivity contribution < 1.29 is 9.18 Å². The molecular formula is C23H22ClFN4O. The Labute approximate surface area is 180 Å². The first kappa shape index (κ1) is 20.3. The molecule has 0 saturated carbocycles. The average molecular weight is 425 g/mol. The molecule has 0 spiro atoms. The first-order chi connectivity index (χ1) is 14.6. The van der Waals surface area contributed by atoms with Crippen LogP contribution in [0.25, 0.3) is 0 Å². The van der Waals surface area contributed by atoms with Crippen LogP contribution in [-0.2, 0) is 6.54 Å². The number of nitrogens with one attached hydrogen (secondary N) is 1. The van der Waals surface area contributed by atoms with Gasteiger partial charge < -0.3 is 10.2 Å². The van der Waals surface area contributed by atoms with E-state index in [2.05, 4.69) is 20.1 Å². The molecule has 4 rings (SSSR count). The second kappa shape index (κ2) is 9.24. The molecule has 1 N–H and O–H groups in total. The monoisotopic (exact) mass is 424 g/mol. The summed E-state index contributed by atoms with van der Waals surface area (Å²) in [7, 11) is 0. The highest BCUT2D eigenvalue weighted by Crippen LogP contribution is 2.22. The molecule has 1 aliphatic heterocycles. The zero-order valence-electron chi connectivity index (χ0n) is 16.4. The topological polar surface area (TPSA) is 48.5 Å². The van der Waals surface area contributed by atoms with E-state index in [4.69, 9.17) is 11.6 Å². The Hall–Kier alpha value is -2.96. The lowest BCUT2D eigenvalue weighted by atomic mass is 10.1. The molecule has 1 fully saturated rings. The molecule has 154 valence electrons. The molecule has 30 heavy (non-hydrogen) atoms. The molecule has 0 unspecified atom stereocenters. The summed E-state index contributed by atoms with van der Waals surface area (Å²) in [6, 6.07) is 18.0. The third kappa shape index (κ3) is 4.78. The Morgan fingerprint density at radius 1 is 1.00 bits per heavy atom. The van der Waals surface area contributed by atoms with Crippen LogP contribution in [0.4, 0.5) is 15.8 Å². The minimum Gasteiger partial charge on any atom is -0.369 e. The van der Waals surface area contributed by atoms with Crippen LogP contribution < -0.4 is 10.2 Å². The molecule has 1 aromatic heterocycles. The molecule has 0 aliphatic carbocycles. The lowest BCUT2D eigenvalue weighted by Gasteiger charge is -2.36. The number of carbonyl (C=O) groups is 1. The molecule has 1 aliphatic rings. The van der Waals surface area contributed by atoms with Gasteiger partial charge >= 0.3 is 0 Å². The summed E-state index contributed by atoms with van der Waals surface area (Å²) < 4.78 is 13.9. The second-order valence-electron chi connectivity index (χ2n) is 7.20. The standard InChI is InChI=1S/C23H22ClFN4O/c24-22-20(5-3-11-26-22)23(30)27-18-7-9-19(10-8-18)29-14-12-28(13-15-29)16-17-4-1-2-6-21(17)25/h1-11H,12-16H2,(H,27,30). The van der Waals surface area contributed by atoms with E-state index in [-0.39, 0.29) is 16.9 Å². The number of benzene rings is 2. The third-order valence-electron chi connectivity index (χ3n) is 5.22. The fourth-order valence-electron chi connectivity index (χ4n) is 3.54. The summed E-state index contributed by atoms with van der Waals surface area (Å²) in [6.07, 6.45) is 1.55. The van der Waals surface area contributed by atoms with Crippen LogP contribution in [0.2, 0.25) is 5.15 Å². The summed E-state index contributed by atoms with van der Waals surface area (Å²) in [5.74, 6) is -0.437. The molecule has 2 heterocycles. The first-order valence-corrected chi connectivity index (χ1v) is 10.2. The largest absolute Gasteiger partial charge is 0.369 e. The van der Waals surface area contributed by atoms with Crippen LogP contribution in [0.15, 0.2) is 66.9 Å². The normalized spacial score (nSPS) is 14.5. The molecule has 1 saturated heterocycles. The molecule has 1 amide bonds. The number of hydrogen-bond donors (Lipinski definition) is 1. The van der Waals surface area contributed by atoms with Crippen molar-refractivity contribution in [3.8, 4) is 0 Å². The van der Waals surface area contributed by atoms with E-state index in [9.17, 15) is 9.18 Å². The first-order valence-electron chi connectivity index (χ1n) is 9.83. The summed E-state index contributed by atoms with van der Waals surface area (Å²) in [4.78, 5) is 20.8. The predicted molar refractivity (Wildman–Crippen MR) is 118 cm³/mol. The van der Waals surface area contributed by atoms with Crippen LogP contribution in [0.3, 0.4) is 0 Å². The summed E-state index contributed by atoms with van der Waals surface area (Å²) >= 11 is 5.98. The maximum Gasteiger partial charge on any atom is 0.258 e. The van der Waals surface area contributed by atoms with Crippen molar-refractivity contribution in [2.24, 2.45) is 0 Å². The van der Waals surface area contributed by atoms with Gasteiger partial charge in [-0.2, -0.15) is 0 Å². The van der Waals surface area contributed by atoms with Gasteiger partial charge in [0.1, 0.15) is 11.0 Å². The Bertz CT molecular complexity index is 1020. The minimum absolute atomic E-state index is 0.148. The van der Waals surface area contributed by atoms with E-state index < -0.39 is 0 Å². The van der Waals surface area contributed by atoms with Crippen LogP contribution in [0.1, 0.15) is 15.9 Å². The maximum atomic E-state index is 13.9. The molecule has 7 heteroatoms. The lowest BCUT2D eigenvalue weighted by molar-refractivity contribution is 0.102. The van der Waals surface area contributed by atoms with Crippen molar-refractivity contribution in [1.29, 1.82) is 0 Å². The number of nitrogens with zero attached hydrogens (tertiary/aromatic N) is 3. The summed E-state index contributed by atoms with van der Waals surface area (Å²) in [6.45, 7) is 4.10. The highest BCUT2D eigenvalue weighted by molar-refractivity contribution is 6.33. The van der Waals surface area contributed by atoms with E-state index in [1.54, 1.807) is 24.4 Å². The fourth-order valence-corrected chi connectivity index (χ4v) is 3.75. The van der Waals surface area contributed by atoms with Crippen molar-refractivity contribution >= 4 is 28.9 Å². The average Bonchev–Trinajstić information content (AvgIpc) is 2.77. The molecule has 0 radical (unpaired) electrons. The molecule has 0 atom stereocenters. The van der Waals surface area contributed by atoms with Gasteiger partial charge in [-0.1, -0.05) is 29.8 Å². The Morgan fingerprint density at radius 2 is 1.73 bits per heavy atom. The van der Waals surface area contributed by atoms with Gasteiger partial charge in [0.2, 0.25) is 0 Å². The lowest BCUT2D eigenvalue weighted by Crippen LogP contribution is -2.46. The number of pyridine rings is 1. The van der Waals surface area contributed by atoms with Crippen LogP contribution in [0, 0.1) is 5.82 Å². The van der Waals surface area contributed by atoms with E-state index >= 15 is 0 Å². The summed E-state index contributed by atoms with van der Waals surface area (Å²) in [5.41, 5.74) is 2.87. The number of hydrogen-bond acceptors (Lipinski definition) is 4. The summed E-state index contributed by atoms with van der Waals surface area (Å²) in [5, 5.41) is 3.02. The van der Waals surface area contributed by atoms with Gasteiger partial charge in [0.05, 0.1) is 5.56 Å². The zero-order chi connectivity index (χ0) is 20.9. The van der Waals surface area contributed by atoms with Crippen LogP contribution in [0.5, 0.6) is 0 Å². The fraction of sp³-hybridized carbons (Fsp3) is 0.217. The smallest absolute Gasteiger partial charge is 0.258 e. The minimum atomic E-state index is -0.289. The van der Waals surface area contributed by atoms with Crippen molar-refractivity contribution in [1.82, 2.24) is 9.88 Å². The van der Waals surface area contributed by atoms with Crippen molar-refractivity contribution in [3.63, 3.8) is 0 Å². The number of anilines is 2. The van der Waals surface area contributed by atoms with Gasteiger partial charge in [0.25, 0.3) is 5.91 Å². The van der Waals surface area contributed by atoms with Gasteiger partial charge in [-0.05, 0) is 42.5 Å². The second-order valence-corrected chi connectivity index (χ2v) is 7.56. The van der Waals surface area contributed by atoms with Crippen molar-refractivity contribution in [3.05, 3.63) is 89.0 Å². The predicted octanol–water partition coefficient (Wildman–Crippen LogP) is 4.45. The Morgan fingerprint density at radius 3 is 2.43 bits per heavy atom. The van der Waals surface area contributed by atoms with Crippen LogP contribution >= 0.6 is 11.6 Å². The third-order valence-corrected chi connectivity index (χ3v) is 5.52. The molecule has 2 aromatic carbocycles. The number of aromatic nitrogens is 1. The molecule has 0 bridgehead atoms. The van der Waals surface area contributed by atoms with E-state index in [1.807, 2.05) is 36.4 Å². The number of amides is 1. The number of rotatable bonds is 5. The van der Waals surface area contributed by atoms with E-state index in [0.717, 1.165) is 37.4 Å². The van der Waals surface area contributed by atoms with Gasteiger partial charge in [0, 0.05) is 55.9 Å². The van der Waals surface area contributed by atoms with Crippen LogP contribution in [-0.4, -0.2) is 42.0 Å². The van der Waals surface area contributed by atoms with Crippen molar-refractivity contribution in [2.75, 3.05) is 36.4 Å².